The molecule has 5 N–H and O–H groups in total. The van der Waals surface area contributed by atoms with Crippen LogP contribution < -0.4 is 10.6 Å². The molecule has 326 valence electrons. The number of hydrogen-bond acceptors (Lipinski definition) is 9. The van der Waals surface area contributed by atoms with E-state index in [1.54, 1.807) is 12.1 Å². The van der Waals surface area contributed by atoms with Gasteiger partial charge in [-0.05, 0) is 73.2 Å². The quantitative estimate of drug-likeness (QED) is 0.0763. The number of aliphatic hydroxyl groups is 2. The van der Waals surface area contributed by atoms with E-state index in [2.05, 4.69) is 20.6 Å². The number of esters is 1. The van der Waals surface area contributed by atoms with E-state index >= 15 is 0 Å². The average Bonchev–Trinajstić information content (AvgIpc) is 3.87. The number of methoxy groups -OCH3 is 1. The molecule has 6 rings (SSSR count). The van der Waals surface area contributed by atoms with Crippen molar-refractivity contribution in [3.63, 3.8) is 0 Å². The Morgan fingerprint density at radius 1 is 0.672 bits per heavy atom. The highest BCUT2D eigenvalue weighted by molar-refractivity contribution is 6.34. The van der Waals surface area contributed by atoms with Crippen molar-refractivity contribution in [2.45, 2.75) is 87.0 Å². The van der Waals surface area contributed by atoms with E-state index in [0.29, 0.717) is 74.6 Å². The minimum Gasteiger partial charge on any atom is -0.478 e. The third-order valence-electron chi connectivity index (χ3n) is 10.5. The third kappa shape index (κ3) is 10.8. The van der Waals surface area contributed by atoms with E-state index in [1.165, 1.54) is 43.5 Å². The zero-order chi connectivity index (χ0) is 44.9. The Balaban J connectivity index is 0.000000231. The van der Waals surface area contributed by atoms with Crippen molar-refractivity contribution >= 4 is 47.0 Å². The molecule has 2 saturated carbocycles. The number of ether oxygens (including phenoxy) is 1. The number of carbonyl (C=O) groups excluding carboxylic acids is 3. The van der Waals surface area contributed by atoms with Crippen LogP contribution in [0.2, 0.25) is 10.0 Å². The van der Waals surface area contributed by atoms with Crippen molar-refractivity contribution in [3.8, 4) is 0 Å². The summed E-state index contributed by atoms with van der Waals surface area (Å²) >= 11 is 11.6. The Morgan fingerprint density at radius 2 is 1.05 bits per heavy atom. The number of nitrogens with one attached hydrogen (secondary N) is 2. The van der Waals surface area contributed by atoms with Crippen LogP contribution in [0, 0.1) is 0 Å². The van der Waals surface area contributed by atoms with Gasteiger partial charge >= 0.3 is 24.3 Å². The van der Waals surface area contributed by atoms with Gasteiger partial charge in [0.15, 0.2) is 0 Å². The monoisotopic (exact) mass is 898 g/mol. The first-order valence-corrected chi connectivity index (χ1v) is 19.4. The lowest BCUT2D eigenvalue weighted by Crippen LogP contribution is -2.44. The topological polar surface area (TPSA) is 188 Å². The van der Waals surface area contributed by atoms with Crippen molar-refractivity contribution < 1.29 is 65.6 Å². The second-order valence-electron chi connectivity index (χ2n) is 14.5. The Labute approximate surface area is 354 Å². The largest absolute Gasteiger partial charge is 0.478 e. The molecule has 12 nitrogen and oxygen atoms in total. The molecule has 2 heterocycles. The van der Waals surface area contributed by atoms with Gasteiger partial charge in [0.2, 0.25) is 0 Å². The molecule has 4 aromatic rings. The summed E-state index contributed by atoms with van der Waals surface area (Å²) in [4.78, 5) is 56.3. The van der Waals surface area contributed by atoms with Crippen LogP contribution in [-0.2, 0) is 17.1 Å². The van der Waals surface area contributed by atoms with Gasteiger partial charge in [-0.3, -0.25) is 9.59 Å². The van der Waals surface area contributed by atoms with Gasteiger partial charge in [-0.2, -0.15) is 26.3 Å². The molecule has 0 spiro atoms. The molecule has 0 bridgehead atoms. The number of hydrogen-bond donors (Lipinski definition) is 5. The smallest absolute Gasteiger partial charge is 0.417 e. The number of aromatic nitrogens is 2. The van der Waals surface area contributed by atoms with Crippen molar-refractivity contribution in [3.05, 3.63) is 128 Å². The van der Waals surface area contributed by atoms with E-state index in [1.807, 2.05) is 0 Å². The number of alkyl halides is 6. The molecule has 0 radical (unpaired) electrons. The van der Waals surface area contributed by atoms with Gasteiger partial charge in [-0.1, -0.05) is 73.2 Å². The lowest BCUT2D eigenvalue weighted by Gasteiger charge is -2.34. The van der Waals surface area contributed by atoms with Gasteiger partial charge in [0, 0.05) is 12.4 Å². The van der Waals surface area contributed by atoms with Crippen LogP contribution in [0.1, 0.15) is 127 Å². The van der Waals surface area contributed by atoms with E-state index in [-0.39, 0.29) is 11.1 Å². The maximum atomic E-state index is 13.2. The maximum absolute atomic E-state index is 13.2. The van der Waals surface area contributed by atoms with Crippen LogP contribution in [0.3, 0.4) is 0 Å². The Bertz CT molecular complexity index is 2280. The zero-order valence-electron chi connectivity index (χ0n) is 32.0. The summed E-state index contributed by atoms with van der Waals surface area (Å²) in [5.41, 5.74) is -5.48. The zero-order valence-corrected chi connectivity index (χ0v) is 33.6. The van der Waals surface area contributed by atoms with Crippen molar-refractivity contribution in [2.24, 2.45) is 0 Å². The summed E-state index contributed by atoms with van der Waals surface area (Å²) in [5, 5.41) is 34.9. The van der Waals surface area contributed by atoms with E-state index < -0.39 is 92.0 Å². The molecule has 2 amide bonds. The highest BCUT2D eigenvalue weighted by Crippen LogP contribution is 2.43. The Morgan fingerprint density at radius 3 is 1.41 bits per heavy atom. The average molecular weight is 900 g/mol. The molecule has 2 aromatic heterocycles. The molecule has 2 aliphatic rings. The molecule has 2 atom stereocenters. The number of carbonyl (C=O) groups is 4. The summed E-state index contributed by atoms with van der Waals surface area (Å²) < 4.78 is 83.5. The van der Waals surface area contributed by atoms with Gasteiger partial charge in [0.1, 0.15) is 11.4 Å². The third-order valence-corrected chi connectivity index (χ3v) is 11.3. The highest BCUT2D eigenvalue weighted by atomic mass is 35.5. The van der Waals surface area contributed by atoms with Gasteiger partial charge < -0.3 is 30.7 Å². The fourth-order valence-corrected chi connectivity index (χ4v) is 8.07. The van der Waals surface area contributed by atoms with Crippen LogP contribution in [0.4, 0.5) is 26.3 Å². The second kappa shape index (κ2) is 18.8. The van der Waals surface area contributed by atoms with E-state index in [4.69, 9.17) is 27.9 Å². The number of rotatable bonds is 10. The first-order chi connectivity index (χ1) is 28.6. The summed E-state index contributed by atoms with van der Waals surface area (Å²) in [7, 11) is 1.22. The first kappa shape index (κ1) is 46.8. The number of nitrogens with zero attached hydrogens (tertiary/aromatic N) is 2. The molecule has 2 fully saturated rings. The maximum Gasteiger partial charge on any atom is 0.417 e. The predicted octanol–water partition coefficient (Wildman–Crippen LogP) is 8.54. The molecule has 2 unspecified atom stereocenters. The number of pyridine rings is 2. The van der Waals surface area contributed by atoms with Crippen molar-refractivity contribution in [1.29, 1.82) is 0 Å². The molecule has 20 heteroatoms. The molecule has 0 aliphatic heterocycles. The number of aromatic carboxylic acids is 1. The minimum atomic E-state index is -4.77. The van der Waals surface area contributed by atoms with Gasteiger partial charge in [-0.25, -0.2) is 19.6 Å². The number of halogens is 8. The number of carboxylic acid groups (broad SMARTS) is 1. The number of carboxylic acids is 1. The lowest BCUT2D eigenvalue weighted by atomic mass is 9.86. The number of amides is 2. The van der Waals surface area contributed by atoms with Crippen LogP contribution in [-0.4, -0.2) is 67.4 Å². The summed E-state index contributed by atoms with van der Waals surface area (Å²) in [6, 6.07) is 11.1. The summed E-state index contributed by atoms with van der Waals surface area (Å²) in [6.45, 7) is 0. The fraction of sp³-hybridized carbons (Fsp3) is 0.366. The predicted molar refractivity (Wildman–Crippen MR) is 207 cm³/mol. The molecule has 61 heavy (non-hydrogen) atoms. The highest BCUT2D eigenvalue weighted by Gasteiger charge is 2.44. The van der Waals surface area contributed by atoms with Crippen molar-refractivity contribution in [1.82, 2.24) is 20.6 Å². The molecular formula is C41H38Cl2F6N4O8. The van der Waals surface area contributed by atoms with Gasteiger partial charge in [-0.15, -0.1) is 0 Å². The minimum absolute atomic E-state index is 0.0522. The molecule has 0 saturated heterocycles. The van der Waals surface area contributed by atoms with Crippen molar-refractivity contribution in [2.75, 3.05) is 7.11 Å². The van der Waals surface area contributed by atoms with Gasteiger partial charge in [0.25, 0.3) is 11.8 Å². The second-order valence-corrected chi connectivity index (χ2v) is 15.3. The van der Waals surface area contributed by atoms with Crippen LogP contribution in [0.5, 0.6) is 0 Å². The van der Waals surface area contributed by atoms with Crippen LogP contribution in [0.15, 0.2) is 73.1 Å². The molecule has 2 aliphatic carbocycles. The normalized spacial score (nSPS) is 16.7. The van der Waals surface area contributed by atoms with E-state index in [0.717, 1.165) is 12.4 Å². The van der Waals surface area contributed by atoms with Gasteiger partial charge in [0.05, 0.1) is 62.7 Å². The van der Waals surface area contributed by atoms with E-state index in [9.17, 15) is 60.8 Å². The lowest BCUT2D eigenvalue weighted by molar-refractivity contribution is -0.138. The molecule has 2 aromatic carbocycles. The van der Waals surface area contributed by atoms with Crippen LogP contribution in [0.25, 0.3) is 0 Å². The summed E-state index contributed by atoms with van der Waals surface area (Å²) in [6.07, 6.45) is -3.67. The Kier molecular flexibility index (Phi) is 14.4. The standard InChI is InChI=1S/C21H20ClF3N2O4.C20H18ClF3N2O4/c1-31-19(29)13-6-4-5-12(11-13)17(20(30)8-2-3-9-20)27-18(28)16-15(22)14(7-10-26-16)21(23,24)25;21-14-13(20(22,23)24)6-9-25-15(14)17(27)26-16(19(30)7-1-2-8-19)11-4-3-5-12(10-11)18(28)29/h4-7,10-11,17,30H,2-3,8-9H2,1H3,(H,27,28);3-6,9-10,16,30H,1-2,7-8H2,(H,26,27)(H,28,29). The molecular weight excluding hydrogens is 861 g/mol. The number of benzene rings is 2. The first-order valence-electron chi connectivity index (χ1n) is 18.6. The fourth-order valence-electron chi connectivity index (χ4n) is 7.46. The Hall–Kier alpha value is -5.30. The van der Waals surface area contributed by atoms with Crippen LogP contribution >= 0.6 is 23.2 Å². The SMILES string of the molecule is COC(=O)c1cccc(C(NC(=O)c2nccc(C(F)(F)F)c2Cl)C2(O)CCCC2)c1.O=C(O)c1cccc(C(NC(=O)c2nccc(C(F)(F)F)c2Cl)C2(O)CCCC2)c1. The summed E-state index contributed by atoms with van der Waals surface area (Å²) in [5.74, 6) is -3.77.